The number of hydrogen-bond acceptors (Lipinski definition) is 2. The van der Waals surface area contributed by atoms with Crippen LogP contribution in [0.15, 0.2) is 0 Å². The molecule has 1 aliphatic rings. The van der Waals surface area contributed by atoms with E-state index in [1.807, 2.05) is 0 Å². The van der Waals surface area contributed by atoms with Crippen LogP contribution in [-0.2, 0) is 21.1 Å². The molecular formula is C9H20N2Pt. The predicted molar refractivity (Wildman–Crippen MR) is 48.3 cm³/mol. The van der Waals surface area contributed by atoms with Crippen molar-refractivity contribution < 1.29 is 21.1 Å². The quantitative estimate of drug-likeness (QED) is 0.750. The average Bonchev–Trinajstić information content (AvgIpc) is 1.98. The molecule has 3 heteroatoms. The Labute approximate surface area is 89.7 Å². The van der Waals surface area contributed by atoms with E-state index in [2.05, 4.69) is 0 Å². The Bertz CT molecular complexity index is 109. The monoisotopic (exact) mass is 351 g/mol. The predicted octanol–water partition coefficient (Wildman–Crippen LogP) is 1.38. The van der Waals surface area contributed by atoms with Gasteiger partial charge in [0, 0.05) is 33.1 Å². The molecule has 1 saturated carbocycles. The summed E-state index contributed by atoms with van der Waals surface area (Å²) < 4.78 is 0. The van der Waals surface area contributed by atoms with E-state index in [9.17, 15) is 0 Å². The molecule has 4 N–H and O–H groups in total. The van der Waals surface area contributed by atoms with Crippen molar-refractivity contribution in [1.29, 1.82) is 0 Å². The molecule has 0 aromatic heterocycles. The van der Waals surface area contributed by atoms with Crippen LogP contribution < -0.4 is 11.5 Å². The zero-order valence-corrected chi connectivity index (χ0v) is 9.90. The summed E-state index contributed by atoms with van der Waals surface area (Å²) in [6.45, 7) is 0.660. The van der Waals surface area contributed by atoms with Gasteiger partial charge in [0.05, 0.1) is 0 Å². The fourth-order valence-corrected chi connectivity index (χ4v) is 1.81. The molecule has 1 aliphatic carbocycles. The molecule has 1 fully saturated rings. The maximum atomic E-state index is 6.10. The largest absolute Gasteiger partial charge is 0.329 e. The van der Waals surface area contributed by atoms with Gasteiger partial charge in [0.25, 0.3) is 0 Å². The van der Waals surface area contributed by atoms with Crippen LogP contribution in [0.3, 0.4) is 0 Å². The van der Waals surface area contributed by atoms with Crippen LogP contribution in [0.5, 0.6) is 0 Å². The van der Waals surface area contributed by atoms with Gasteiger partial charge in [0.2, 0.25) is 0 Å². The van der Waals surface area contributed by atoms with E-state index in [0.29, 0.717) is 6.54 Å². The van der Waals surface area contributed by atoms with E-state index >= 15 is 0 Å². The van der Waals surface area contributed by atoms with E-state index in [0.717, 1.165) is 12.8 Å². The molecule has 76 valence electrons. The summed E-state index contributed by atoms with van der Waals surface area (Å²) in [5.41, 5.74) is 11.7. The van der Waals surface area contributed by atoms with Gasteiger partial charge in [0.1, 0.15) is 0 Å². The second-order valence-electron chi connectivity index (χ2n) is 3.83. The zero-order chi connectivity index (χ0) is 8.16. The SMILES string of the molecule is NCC1(N)CCCCCCC1.[Pt]. The Kier molecular flexibility index (Phi) is 6.43. The molecule has 12 heavy (non-hydrogen) atoms. The molecule has 0 saturated heterocycles. The standard InChI is InChI=1S/C9H20N2.Pt/c10-8-9(11)6-4-2-1-3-5-7-9;/h1-8,10-11H2;. The van der Waals surface area contributed by atoms with Crippen molar-refractivity contribution in [2.75, 3.05) is 6.54 Å². The van der Waals surface area contributed by atoms with E-state index < -0.39 is 0 Å². The molecular weight excluding hydrogens is 331 g/mol. The summed E-state index contributed by atoms with van der Waals surface area (Å²) in [6, 6.07) is 0. The Morgan fingerprint density at radius 2 is 1.33 bits per heavy atom. The van der Waals surface area contributed by atoms with Crippen molar-refractivity contribution >= 4 is 0 Å². The van der Waals surface area contributed by atoms with Gasteiger partial charge in [0.15, 0.2) is 0 Å². The second kappa shape index (κ2) is 6.12. The summed E-state index contributed by atoms with van der Waals surface area (Å²) in [7, 11) is 0. The van der Waals surface area contributed by atoms with Crippen LogP contribution in [0.25, 0.3) is 0 Å². The molecule has 0 heterocycles. The van der Waals surface area contributed by atoms with Crippen molar-refractivity contribution in [1.82, 2.24) is 0 Å². The molecule has 0 amide bonds. The van der Waals surface area contributed by atoms with Gasteiger partial charge in [-0.25, -0.2) is 0 Å². The average molecular weight is 351 g/mol. The number of rotatable bonds is 1. The van der Waals surface area contributed by atoms with Crippen LogP contribution >= 0.6 is 0 Å². The summed E-state index contributed by atoms with van der Waals surface area (Å²) in [6.07, 6.45) is 8.88. The molecule has 0 aliphatic heterocycles. The minimum atomic E-state index is -0.0274. The summed E-state index contributed by atoms with van der Waals surface area (Å²) in [5, 5.41) is 0. The molecule has 0 aromatic rings. The summed E-state index contributed by atoms with van der Waals surface area (Å²) in [4.78, 5) is 0. The number of nitrogens with two attached hydrogens (primary N) is 2. The topological polar surface area (TPSA) is 52.0 Å². The van der Waals surface area contributed by atoms with Crippen LogP contribution in [0, 0.1) is 0 Å². The molecule has 0 unspecified atom stereocenters. The number of hydrogen-bond donors (Lipinski definition) is 2. The van der Waals surface area contributed by atoms with Gasteiger partial charge in [-0.2, -0.15) is 0 Å². The van der Waals surface area contributed by atoms with Gasteiger partial charge in [-0.3, -0.25) is 0 Å². The Hall–Kier alpha value is 0.608. The third-order valence-electron chi connectivity index (χ3n) is 2.76. The minimum Gasteiger partial charge on any atom is -0.329 e. The molecule has 0 aromatic carbocycles. The smallest absolute Gasteiger partial charge is 0.0278 e. The summed E-state index contributed by atoms with van der Waals surface area (Å²) >= 11 is 0. The fourth-order valence-electron chi connectivity index (χ4n) is 1.81. The Balaban J connectivity index is 0.00000121. The third kappa shape index (κ3) is 4.02. The molecule has 1 rings (SSSR count). The van der Waals surface area contributed by atoms with Crippen LogP contribution in [0.1, 0.15) is 44.9 Å². The van der Waals surface area contributed by atoms with Crippen molar-refractivity contribution in [3.63, 3.8) is 0 Å². The van der Waals surface area contributed by atoms with Crippen molar-refractivity contribution in [3.05, 3.63) is 0 Å². The van der Waals surface area contributed by atoms with Crippen molar-refractivity contribution in [3.8, 4) is 0 Å². The maximum absolute atomic E-state index is 6.10. The van der Waals surface area contributed by atoms with E-state index in [1.54, 1.807) is 0 Å². The molecule has 0 atom stereocenters. The molecule has 0 radical (unpaired) electrons. The second-order valence-corrected chi connectivity index (χ2v) is 3.83. The van der Waals surface area contributed by atoms with E-state index in [4.69, 9.17) is 11.5 Å². The fraction of sp³-hybridized carbons (Fsp3) is 1.00. The zero-order valence-electron chi connectivity index (χ0n) is 7.63. The molecule has 0 bridgehead atoms. The maximum Gasteiger partial charge on any atom is 0.0278 e. The van der Waals surface area contributed by atoms with Crippen LogP contribution in [0.2, 0.25) is 0 Å². The van der Waals surface area contributed by atoms with E-state index in [1.165, 1.54) is 32.1 Å². The van der Waals surface area contributed by atoms with Crippen molar-refractivity contribution in [2.45, 2.75) is 50.5 Å². The normalized spacial score (nSPS) is 23.5. The van der Waals surface area contributed by atoms with Gasteiger partial charge < -0.3 is 11.5 Å². The Morgan fingerprint density at radius 3 is 1.75 bits per heavy atom. The van der Waals surface area contributed by atoms with Crippen LogP contribution in [0.4, 0.5) is 0 Å². The first-order valence-electron chi connectivity index (χ1n) is 4.76. The van der Waals surface area contributed by atoms with Crippen LogP contribution in [-0.4, -0.2) is 12.1 Å². The Morgan fingerprint density at radius 1 is 0.917 bits per heavy atom. The minimum absolute atomic E-state index is 0. The summed E-state index contributed by atoms with van der Waals surface area (Å²) in [5.74, 6) is 0. The molecule has 0 spiro atoms. The first-order valence-corrected chi connectivity index (χ1v) is 4.76. The van der Waals surface area contributed by atoms with Crippen molar-refractivity contribution in [2.24, 2.45) is 11.5 Å². The first-order chi connectivity index (χ1) is 5.27. The van der Waals surface area contributed by atoms with Gasteiger partial charge >= 0.3 is 0 Å². The molecule has 2 nitrogen and oxygen atoms in total. The van der Waals surface area contributed by atoms with E-state index in [-0.39, 0.29) is 26.6 Å². The first kappa shape index (κ1) is 12.6. The van der Waals surface area contributed by atoms with Gasteiger partial charge in [-0.15, -0.1) is 0 Å². The third-order valence-corrected chi connectivity index (χ3v) is 2.76. The van der Waals surface area contributed by atoms with Gasteiger partial charge in [-0.1, -0.05) is 32.1 Å². The van der Waals surface area contributed by atoms with Gasteiger partial charge in [-0.05, 0) is 12.8 Å².